The van der Waals surface area contributed by atoms with Crippen molar-refractivity contribution in [3.8, 4) is 11.5 Å². The number of ether oxygens (including phenoxy) is 2. The first-order valence-electron chi connectivity index (χ1n) is 9.17. The Kier molecular flexibility index (Phi) is 6.16. The molecule has 0 aromatic heterocycles. The molecule has 1 atom stereocenters. The Hall–Kier alpha value is -3.06. The topological polar surface area (TPSA) is 93.9 Å². The van der Waals surface area contributed by atoms with Gasteiger partial charge in [-0.2, -0.15) is 0 Å². The molecule has 2 aromatic carbocycles. The first-order chi connectivity index (χ1) is 13.5. The lowest BCUT2D eigenvalue weighted by atomic mass is 10.0. The average Bonchev–Trinajstić information content (AvgIpc) is 3.15. The highest BCUT2D eigenvalue weighted by Crippen LogP contribution is 2.38. The van der Waals surface area contributed by atoms with Gasteiger partial charge in [0.2, 0.25) is 11.8 Å². The second-order valence-electron chi connectivity index (χ2n) is 6.73. The van der Waals surface area contributed by atoms with Gasteiger partial charge < -0.3 is 20.5 Å². The summed E-state index contributed by atoms with van der Waals surface area (Å²) in [6, 6.07) is 12.4. The highest BCUT2D eigenvalue weighted by atomic mass is 16.5. The van der Waals surface area contributed by atoms with Gasteiger partial charge >= 0.3 is 0 Å². The van der Waals surface area contributed by atoms with Crippen LogP contribution in [0.1, 0.15) is 34.8 Å². The van der Waals surface area contributed by atoms with E-state index in [2.05, 4.69) is 10.2 Å². The van der Waals surface area contributed by atoms with Crippen LogP contribution in [0.5, 0.6) is 11.5 Å². The van der Waals surface area contributed by atoms with Gasteiger partial charge in [0.1, 0.15) is 11.5 Å². The molecule has 1 aliphatic heterocycles. The maximum absolute atomic E-state index is 12.5. The lowest BCUT2D eigenvalue weighted by Crippen LogP contribution is -2.33. The SMILES string of the molecule is COc1ccc(OC)c([C@H]2CCCN2CC(=O)Nc2ccc(C(N)=O)cc2)c1. The second kappa shape index (κ2) is 8.75. The van der Waals surface area contributed by atoms with Crippen molar-refractivity contribution in [3.05, 3.63) is 53.6 Å². The van der Waals surface area contributed by atoms with Gasteiger partial charge in [0.15, 0.2) is 0 Å². The predicted octanol–water partition coefficient (Wildman–Crippen LogP) is 2.58. The second-order valence-corrected chi connectivity index (χ2v) is 6.73. The van der Waals surface area contributed by atoms with Crippen molar-refractivity contribution in [2.24, 2.45) is 5.73 Å². The maximum atomic E-state index is 12.5. The number of hydrogen-bond donors (Lipinski definition) is 2. The van der Waals surface area contributed by atoms with E-state index in [1.165, 1.54) is 0 Å². The van der Waals surface area contributed by atoms with Crippen LogP contribution < -0.4 is 20.5 Å². The number of hydrogen-bond acceptors (Lipinski definition) is 5. The van der Waals surface area contributed by atoms with Crippen molar-refractivity contribution in [1.29, 1.82) is 0 Å². The van der Waals surface area contributed by atoms with Gasteiger partial charge in [0.25, 0.3) is 0 Å². The number of nitrogens with one attached hydrogen (secondary N) is 1. The molecular formula is C21H25N3O4. The Bertz CT molecular complexity index is 851. The summed E-state index contributed by atoms with van der Waals surface area (Å²) in [7, 11) is 3.28. The van der Waals surface area contributed by atoms with E-state index in [1.54, 1.807) is 38.5 Å². The van der Waals surface area contributed by atoms with Crippen LogP contribution in [0, 0.1) is 0 Å². The highest BCUT2D eigenvalue weighted by Gasteiger charge is 2.30. The number of anilines is 1. The number of rotatable bonds is 7. The van der Waals surface area contributed by atoms with Crippen molar-refractivity contribution >= 4 is 17.5 Å². The van der Waals surface area contributed by atoms with Crippen molar-refractivity contribution in [2.75, 3.05) is 32.6 Å². The maximum Gasteiger partial charge on any atom is 0.248 e. The number of carbonyl (C=O) groups excluding carboxylic acids is 2. The standard InChI is InChI=1S/C21H25N3O4/c1-27-16-9-10-19(28-2)17(12-16)18-4-3-11-24(18)13-20(25)23-15-7-5-14(6-8-15)21(22)26/h5-10,12,18H,3-4,11,13H2,1-2H3,(H2,22,26)(H,23,25)/t18-/m1/s1. The molecule has 2 aromatic rings. The summed E-state index contributed by atoms with van der Waals surface area (Å²) >= 11 is 0. The number of methoxy groups -OCH3 is 2. The molecule has 0 bridgehead atoms. The van der Waals surface area contributed by atoms with Crippen LogP contribution in [0.4, 0.5) is 5.69 Å². The van der Waals surface area contributed by atoms with E-state index in [9.17, 15) is 9.59 Å². The third-order valence-corrected chi connectivity index (χ3v) is 4.96. The molecule has 0 unspecified atom stereocenters. The van der Waals surface area contributed by atoms with Crippen LogP contribution in [-0.2, 0) is 4.79 Å². The normalized spacial score (nSPS) is 16.6. The third-order valence-electron chi connectivity index (χ3n) is 4.96. The molecule has 148 valence electrons. The fourth-order valence-corrected chi connectivity index (χ4v) is 3.57. The molecule has 0 saturated carbocycles. The minimum absolute atomic E-state index is 0.0908. The number of benzene rings is 2. The molecule has 1 heterocycles. The number of nitrogens with zero attached hydrogens (tertiary/aromatic N) is 1. The summed E-state index contributed by atoms with van der Waals surface area (Å²) in [6.45, 7) is 1.10. The minimum Gasteiger partial charge on any atom is -0.497 e. The molecule has 1 saturated heterocycles. The Morgan fingerprint density at radius 2 is 1.89 bits per heavy atom. The Morgan fingerprint density at radius 1 is 1.14 bits per heavy atom. The largest absolute Gasteiger partial charge is 0.497 e. The Labute approximate surface area is 164 Å². The van der Waals surface area contributed by atoms with Crippen molar-refractivity contribution in [2.45, 2.75) is 18.9 Å². The number of primary amides is 1. The van der Waals surface area contributed by atoms with Crippen LogP contribution in [0.15, 0.2) is 42.5 Å². The summed E-state index contributed by atoms with van der Waals surface area (Å²) in [4.78, 5) is 25.8. The van der Waals surface area contributed by atoms with Crippen LogP contribution >= 0.6 is 0 Å². The van der Waals surface area contributed by atoms with Gasteiger partial charge in [-0.3, -0.25) is 14.5 Å². The van der Waals surface area contributed by atoms with E-state index < -0.39 is 5.91 Å². The summed E-state index contributed by atoms with van der Waals surface area (Å²) < 4.78 is 10.9. The zero-order valence-electron chi connectivity index (χ0n) is 16.1. The fraction of sp³-hybridized carbons (Fsp3) is 0.333. The number of carbonyl (C=O) groups is 2. The van der Waals surface area contributed by atoms with Gasteiger partial charge in [-0.05, 0) is 61.9 Å². The molecule has 1 fully saturated rings. The molecule has 0 aliphatic carbocycles. The number of nitrogens with two attached hydrogens (primary N) is 1. The highest BCUT2D eigenvalue weighted by molar-refractivity contribution is 5.95. The molecule has 0 spiro atoms. The van der Waals surface area contributed by atoms with Crippen LogP contribution in [0.25, 0.3) is 0 Å². The van der Waals surface area contributed by atoms with Gasteiger partial charge in [-0.15, -0.1) is 0 Å². The smallest absolute Gasteiger partial charge is 0.248 e. The third kappa shape index (κ3) is 4.43. The van der Waals surface area contributed by atoms with Gasteiger partial charge in [0, 0.05) is 22.9 Å². The first kappa shape index (κ1) is 19.7. The zero-order chi connectivity index (χ0) is 20.1. The van der Waals surface area contributed by atoms with E-state index in [0.29, 0.717) is 11.3 Å². The molecule has 3 rings (SSSR count). The van der Waals surface area contributed by atoms with Crippen LogP contribution in [-0.4, -0.2) is 44.0 Å². The molecule has 3 N–H and O–H groups in total. The Balaban J connectivity index is 1.69. The van der Waals surface area contributed by atoms with Gasteiger partial charge in [-0.25, -0.2) is 0 Å². The molecule has 1 aliphatic rings. The summed E-state index contributed by atoms with van der Waals surface area (Å²) in [5.41, 5.74) is 7.30. The number of likely N-dealkylation sites (tertiary alicyclic amines) is 1. The lowest BCUT2D eigenvalue weighted by molar-refractivity contribution is -0.117. The fourth-order valence-electron chi connectivity index (χ4n) is 3.57. The predicted molar refractivity (Wildman–Crippen MR) is 107 cm³/mol. The van der Waals surface area contributed by atoms with Gasteiger partial charge in [0.05, 0.1) is 20.8 Å². The van der Waals surface area contributed by atoms with Gasteiger partial charge in [-0.1, -0.05) is 0 Å². The monoisotopic (exact) mass is 383 g/mol. The average molecular weight is 383 g/mol. The quantitative estimate of drug-likeness (QED) is 0.766. The summed E-state index contributed by atoms with van der Waals surface area (Å²) in [5, 5.41) is 2.87. The van der Waals surface area contributed by atoms with E-state index in [-0.39, 0.29) is 18.5 Å². The number of amides is 2. The zero-order valence-corrected chi connectivity index (χ0v) is 16.1. The molecule has 0 radical (unpaired) electrons. The van der Waals surface area contributed by atoms with E-state index in [4.69, 9.17) is 15.2 Å². The molecule has 7 heteroatoms. The summed E-state index contributed by atoms with van der Waals surface area (Å²) in [5.74, 6) is 0.951. The van der Waals surface area contributed by atoms with E-state index in [0.717, 1.165) is 36.4 Å². The molecule has 7 nitrogen and oxygen atoms in total. The van der Waals surface area contributed by atoms with Crippen molar-refractivity contribution in [1.82, 2.24) is 4.90 Å². The Morgan fingerprint density at radius 3 is 2.54 bits per heavy atom. The lowest BCUT2D eigenvalue weighted by Gasteiger charge is -2.26. The van der Waals surface area contributed by atoms with E-state index in [1.807, 2.05) is 18.2 Å². The molecular weight excluding hydrogens is 358 g/mol. The molecule has 28 heavy (non-hydrogen) atoms. The van der Waals surface area contributed by atoms with Crippen LogP contribution in [0.3, 0.4) is 0 Å². The molecule has 2 amide bonds. The van der Waals surface area contributed by atoms with Crippen molar-refractivity contribution < 1.29 is 19.1 Å². The van der Waals surface area contributed by atoms with Crippen LogP contribution in [0.2, 0.25) is 0 Å². The summed E-state index contributed by atoms with van der Waals surface area (Å²) in [6.07, 6.45) is 1.95. The first-order valence-corrected chi connectivity index (χ1v) is 9.17. The minimum atomic E-state index is -0.495. The van der Waals surface area contributed by atoms with Crippen molar-refractivity contribution in [3.63, 3.8) is 0 Å². The van der Waals surface area contributed by atoms with E-state index >= 15 is 0 Å².